The summed E-state index contributed by atoms with van der Waals surface area (Å²) in [6.45, 7) is 2.90. The first-order valence-electron chi connectivity index (χ1n) is 11.0. The van der Waals surface area contributed by atoms with Crippen LogP contribution in [0.1, 0.15) is 18.4 Å². The van der Waals surface area contributed by atoms with Crippen molar-refractivity contribution in [1.82, 2.24) is 29.4 Å². The molecule has 1 aromatic carbocycles. The van der Waals surface area contributed by atoms with E-state index >= 15 is 0 Å². The van der Waals surface area contributed by atoms with Crippen molar-refractivity contribution in [3.8, 4) is 11.5 Å². The van der Waals surface area contributed by atoms with Gasteiger partial charge in [0.05, 0.1) is 5.41 Å². The number of carbonyl (C=O) groups excluding carboxylic acids is 1. The summed E-state index contributed by atoms with van der Waals surface area (Å²) in [4.78, 5) is 34.6. The van der Waals surface area contributed by atoms with Crippen molar-refractivity contribution in [3.63, 3.8) is 0 Å². The second-order valence-electron chi connectivity index (χ2n) is 8.89. The summed E-state index contributed by atoms with van der Waals surface area (Å²) in [6.07, 6.45) is 9.19. The number of hydrogen-bond acceptors (Lipinski definition) is 5. The molecule has 1 atom stereocenters. The number of rotatable bonds is 4. The first-order chi connectivity index (χ1) is 15.6. The molecule has 1 spiro atoms. The van der Waals surface area contributed by atoms with Gasteiger partial charge in [-0.25, -0.2) is 15.0 Å². The zero-order valence-electron chi connectivity index (χ0n) is 18.0. The summed E-state index contributed by atoms with van der Waals surface area (Å²) in [7, 11) is 1.95. The molecule has 6 rings (SSSR count). The summed E-state index contributed by atoms with van der Waals surface area (Å²) in [6, 6.07) is 10.1. The Morgan fingerprint density at radius 1 is 1.09 bits per heavy atom. The Morgan fingerprint density at radius 2 is 1.97 bits per heavy atom. The van der Waals surface area contributed by atoms with E-state index in [1.165, 1.54) is 10.9 Å². The number of anilines is 1. The summed E-state index contributed by atoms with van der Waals surface area (Å²) < 4.78 is 1.95. The van der Waals surface area contributed by atoms with Crippen molar-refractivity contribution in [3.05, 3.63) is 60.7 Å². The number of benzene rings is 1. The van der Waals surface area contributed by atoms with Gasteiger partial charge in [0.1, 0.15) is 5.69 Å². The third-order valence-corrected chi connectivity index (χ3v) is 6.97. The Labute approximate surface area is 185 Å². The highest BCUT2D eigenvalue weighted by atomic mass is 16.2. The number of nitrogens with zero attached hydrogens (tertiary/aromatic N) is 6. The lowest BCUT2D eigenvalue weighted by Crippen LogP contribution is -2.37. The maximum Gasteiger partial charge on any atom is 0.231 e. The third kappa shape index (κ3) is 2.97. The van der Waals surface area contributed by atoms with Gasteiger partial charge < -0.3 is 19.4 Å². The highest BCUT2D eigenvalue weighted by molar-refractivity contribution is 5.88. The molecule has 8 heteroatoms. The summed E-state index contributed by atoms with van der Waals surface area (Å²) in [5, 5.41) is 1.19. The van der Waals surface area contributed by atoms with Crippen LogP contribution in [0.5, 0.6) is 0 Å². The Hall–Kier alpha value is -3.68. The molecular weight excluding hydrogens is 402 g/mol. The zero-order chi connectivity index (χ0) is 21.7. The topological polar surface area (TPSA) is 82.9 Å². The molecule has 162 valence electrons. The second-order valence-corrected chi connectivity index (χ2v) is 8.89. The van der Waals surface area contributed by atoms with E-state index in [2.05, 4.69) is 32.0 Å². The van der Waals surface area contributed by atoms with E-state index < -0.39 is 0 Å². The quantitative estimate of drug-likeness (QED) is 0.541. The number of aromatic nitrogens is 5. The number of carbonyl (C=O) groups is 1. The molecule has 1 amide bonds. The summed E-state index contributed by atoms with van der Waals surface area (Å²) >= 11 is 0. The minimum atomic E-state index is -0.339. The monoisotopic (exact) mass is 427 g/mol. The van der Waals surface area contributed by atoms with Gasteiger partial charge in [-0.1, -0.05) is 18.2 Å². The second kappa shape index (κ2) is 7.19. The number of hydrogen-bond donors (Lipinski definition) is 1. The number of aromatic amines is 1. The van der Waals surface area contributed by atoms with E-state index in [1.807, 2.05) is 47.1 Å². The minimum absolute atomic E-state index is 0.255. The molecule has 1 unspecified atom stereocenters. The van der Waals surface area contributed by atoms with E-state index in [0.717, 1.165) is 43.0 Å². The lowest BCUT2D eigenvalue weighted by molar-refractivity contribution is -0.135. The van der Waals surface area contributed by atoms with Crippen molar-refractivity contribution in [2.45, 2.75) is 19.4 Å². The van der Waals surface area contributed by atoms with Crippen molar-refractivity contribution >= 4 is 22.8 Å². The molecule has 4 aromatic rings. The van der Waals surface area contributed by atoms with Crippen molar-refractivity contribution in [1.29, 1.82) is 0 Å². The van der Waals surface area contributed by atoms with Gasteiger partial charge in [0.2, 0.25) is 11.9 Å². The summed E-state index contributed by atoms with van der Waals surface area (Å²) in [5.41, 5.74) is 2.74. The smallest absolute Gasteiger partial charge is 0.231 e. The maximum absolute atomic E-state index is 13.5. The van der Waals surface area contributed by atoms with Crippen LogP contribution >= 0.6 is 0 Å². The van der Waals surface area contributed by atoms with Crippen LogP contribution in [0.15, 0.2) is 55.1 Å². The fourth-order valence-electron chi connectivity index (χ4n) is 5.17. The highest BCUT2D eigenvalue weighted by Gasteiger charge is 2.51. The maximum atomic E-state index is 13.5. The zero-order valence-corrected chi connectivity index (χ0v) is 18.0. The van der Waals surface area contributed by atoms with Gasteiger partial charge in [0.15, 0.2) is 5.82 Å². The molecule has 2 saturated heterocycles. The average Bonchev–Trinajstić information content (AvgIpc) is 3.60. The minimum Gasteiger partial charge on any atom is -0.361 e. The van der Waals surface area contributed by atoms with Crippen LogP contribution in [0.4, 0.5) is 5.95 Å². The van der Waals surface area contributed by atoms with Crippen LogP contribution in [0.2, 0.25) is 0 Å². The van der Waals surface area contributed by atoms with Gasteiger partial charge in [-0.15, -0.1) is 0 Å². The normalized spacial score (nSPS) is 20.8. The molecule has 8 nitrogen and oxygen atoms in total. The lowest BCUT2D eigenvalue weighted by atomic mass is 9.85. The number of imidazole rings is 1. The van der Waals surface area contributed by atoms with E-state index in [4.69, 9.17) is 4.98 Å². The van der Waals surface area contributed by atoms with Crippen molar-refractivity contribution in [2.75, 3.05) is 24.5 Å². The first-order valence-corrected chi connectivity index (χ1v) is 11.0. The van der Waals surface area contributed by atoms with E-state index in [9.17, 15) is 4.79 Å². The van der Waals surface area contributed by atoms with Gasteiger partial charge >= 0.3 is 0 Å². The molecule has 5 heterocycles. The fourth-order valence-corrected chi connectivity index (χ4v) is 5.17. The molecule has 3 aromatic heterocycles. The third-order valence-electron chi connectivity index (χ3n) is 6.97. The van der Waals surface area contributed by atoms with E-state index in [0.29, 0.717) is 19.0 Å². The van der Waals surface area contributed by atoms with Gasteiger partial charge in [0.25, 0.3) is 0 Å². The van der Waals surface area contributed by atoms with E-state index in [1.54, 1.807) is 12.4 Å². The van der Waals surface area contributed by atoms with Gasteiger partial charge in [-0.3, -0.25) is 4.79 Å². The predicted octanol–water partition coefficient (Wildman–Crippen LogP) is 2.99. The molecule has 0 bridgehead atoms. The van der Waals surface area contributed by atoms with Crippen LogP contribution in [0.25, 0.3) is 22.4 Å². The van der Waals surface area contributed by atoms with Gasteiger partial charge in [-0.2, -0.15) is 0 Å². The molecule has 32 heavy (non-hydrogen) atoms. The largest absolute Gasteiger partial charge is 0.361 e. The number of likely N-dealkylation sites (tertiary alicyclic amines) is 1. The van der Waals surface area contributed by atoms with Crippen LogP contribution in [0, 0.1) is 5.41 Å². The van der Waals surface area contributed by atoms with Crippen molar-refractivity contribution in [2.24, 2.45) is 12.5 Å². The molecule has 2 aliphatic rings. The van der Waals surface area contributed by atoms with Crippen LogP contribution in [-0.4, -0.2) is 54.9 Å². The lowest BCUT2D eigenvalue weighted by Gasteiger charge is -2.23. The predicted molar refractivity (Wildman–Crippen MR) is 122 cm³/mol. The van der Waals surface area contributed by atoms with Crippen molar-refractivity contribution < 1.29 is 4.79 Å². The fraction of sp³-hybridized carbons (Fsp3) is 0.333. The van der Waals surface area contributed by atoms with Crippen LogP contribution in [0.3, 0.4) is 0 Å². The Bertz CT molecular complexity index is 1310. The van der Waals surface area contributed by atoms with Crippen LogP contribution < -0.4 is 4.90 Å². The summed E-state index contributed by atoms with van der Waals surface area (Å²) in [5.74, 6) is 1.74. The Kier molecular flexibility index (Phi) is 4.28. The number of fused-ring (bicyclic) bond motifs is 1. The van der Waals surface area contributed by atoms with E-state index in [-0.39, 0.29) is 11.3 Å². The highest BCUT2D eigenvalue weighted by Crippen LogP contribution is 2.42. The number of H-pyrrole nitrogens is 1. The first kappa shape index (κ1) is 19.0. The average molecular weight is 428 g/mol. The molecule has 0 saturated carbocycles. The number of aryl methyl sites for hydroxylation is 1. The molecule has 1 N–H and O–H groups in total. The number of amides is 1. The standard InChI is InChI=1S/C24H25N7O/c1-29-13-10-25-21(29)20-6-9-26-23(28-20)31-12-8-24(16-31)7-11-30(22(24)32)15-17-14-27-19-5-3-2-4-18(17)19/h2-6,9-10,13-14,27H,7-8,11-12,15-16H2,1H3. The molecule has 2 fully saturated rings. The van der Waals surface area contributed by atoms with Crippen LogP contribution in [-0.2, 0) is 18.4 Å². The molecule has 2 aliphatic heterocycles. The SMILES string of the molecule is Cn1ccnc1-c1ccnc(N2CCC3(CCN(Cc4c[nH]c5ccccc45)C3=O)C2)n1. The van der Waals surface area contributed by atoms with Gasteiger partial charge in [0, 0.05) is 68.9 Å². The molecular formula is C24H25N7O. The Balaban J connectivity index is 1.20. The van der Waals surface area contributed by atoms with Gasteiger partial charge in [-0.05, 0) is 30.5 Å². The number of para-hydroxylation sites is 1. The molecule has 0 radical (unpaired) electrons. The Morgan fingerprint density at radius 3 is 2.84 bits per heavy atom. The molecule has 0 aliphatic carbocycles. The number of nitrogens with one attached hydrogen (secondary N) is 1.